The molecule has 5 heteroatoms. The lowest BCUT2D eigenvalue weighted by atomic mass is 10.1. The SMILES string of the molecule is C=CCNC(=O)C(=O)Nc1ccc(N2CCCCC2)cc1. The number of hydrogen-bond acceptors (Lipinski definition) is 3. The Morgan fingerprint density at radius 2 is 1.76 bits per heavy atom. The quantitative estimate of drug-likeness (QED) is 0.657. The average molecular weight is 287 g/mol. The average Bonchev–Trinajstić information content (AvgIpc) is 2.54. The monoisotopic (exact) mass is 287 g/mol. The molecule has 1 aromatic carbocycles. The van der Waals surface area contributed by atoms with Gasteiger partial charge in [-0.1, -0.05) is 6.08 Å². The number of hydrogen-bond donors (Lipinski definition) is 2. The van der Waals surface area contributed by atoms with E-state index < -0.39 is 11.8 Å². The third-order valence-electron chi connectivity index (χ3n) is 3.46. The van der Waals surface area contributed by atoms with Gasteiger partial charge in [-0.15, -0.1) is 6.58 Å². The first kappa shape index (κ1) is 15.1. The van der Waals surface area contributed by atoms with Gasteiger partial charge in [0.2, 0.25) is 0 Å². The van der Waals surface area contributed by atoms with Crippen LogP contribution in [0.4, 0.5) is 11.4 Å². The Bertz CT molecular complexity index is 505. The van der Waals surface area contributed by atoms with Crippen LogP contribution in [-0.4, -0.2) is 31.4 Å². The Hall–Kier alpha value is -2.30. The number of nitrogens with one attached hydrogen (secondary N) is 2. The van der Waals surface area contributed by atoms with Gasteiger partial charge in [0.1, 0.15) is 0 Å². The van der Waals surface area contributed by atoms with Crippen molar-refractivity contribution < 1.29 is 9.59 Å². The van der Waals surface area contributed by atoms with E-state index in [1.807, 2.05) is 24.3 Å². The maximum absolute atomic E-state index is 11.6. The van der Waals surface area contributed by atoms with Crippen LogP contribution in [0.1, 0.15) is 19.3 Å². The van der Waals surface area contributed by atoms with Crippen molar-refractivity contribution in [2.24, 2.45) is 0 Å². The van der Waals surface area contributed by atoms with E-state index in [0.717, 1.165) is 18.8 Å². The van der Waals surface area contributed by atoms with E-state index in [9.17, 15) is 9.59 Å². The van der Waals surface area contributed by atoms with Gasteiger partial charge in [0, 0.05) is 31.0 Å². The molecule has 0 aliphatic carbocycles. The predicted molar refractivity (Wildman–Crippen MR) is 84.3 cm³/mol. The maximum Gasteiger partial charge on any atom is 0.313 e. The summed E-state index contributed by atoms with van der Waals surface area (Å²) in [6, 6.07) is 7.59. The van der Waals surface area contributed by atoms with Gasteiger partial charge in [-0.3, -0.25) is 9.59 Å². The molecular weight excluding hydrogens is 266 g/mol. The van der Waals surface area contributed by atoms with E-state index in [0.29, 0.717) is 5.69 Å². The molecule has 2 rings (SSSR count). The second kappa shape index (κ2) is 7.47. The molecule has 1 aliphatic heterocycles. The summed E-state index contributed by atoms with van der Waals surface area (Å²) in [6.45, 7) is 5.91. The molecule has 2 amide bonds. The standard InChI is InChI=1S/C16H21N3O2/c1-2-10-17-15(20)16(21)18-13-6-8-14(9-7-13)19-11-4-3-5-12-19/h2,6-9H,1,3-5,10-12H2,(H,17,20)(H,18,21). The van der Waals surface area contributed by atoms with Crippen molar-refractivity contribution in [3.63, 3.8) is 0 Å². The van der Waals surface area contributed by atoms with Crippen molar-refractivity contribution in [1.82, 2.24) is 5.32 Å². The van der Waals surface area contributed by atoms with E-state index in [1.54, 1.807) is 0 Å². The summed E-state index contributed by atoms with van der Waals surface area (Å²) in [5.74, 6) is -1.32. The number of anilines is 2. The third-order valence-corrected chi connectivity index (χ3v) is 3.46. The first-order chi connectivity index (χ1) is 10.2. The second-order valence-electron chi connectivity index (χ2n) is 5.05. The van der Waals surface area contributed by atoms with Gasteiger partial charge in [0.25, 0.3) is 0 Å². The molecule has 112 valence electrons. The molecule has 1 aromatic rings. The largest absolute Gasteiger partial charge is 0.372 e. The van der Waals surface area contributed by atoms with Crippen LogP contribution in [0, 0.1) is 0 Å². The van der Waals surface area contributed by atoms with Crippen molar-refractivity contribution in [2.45, 2.75) is 19.3 Å². The molecule has 1 saturated heterocycles. The lowest BCUT2D eigenvalue weighted by Gasteiger charge is -2.28. The molecule has 0 spiro atoms. The highest BCUT2D eigenvalue weighted by Crippen LogP contribution is 2.21. The number of carbonyl (C=O) groups excluding carboxylic acids is 2. The van der Waals surface area contributed by atoms with Gasteiger partial charge in [0.05, 0.1) is 0 Å². The molecule has 0 radical (unpaired) electrons. The molecule has 0 bridgehead atoms. The molecule has 0 saturated carbocycles. The fraction of sp³-hybridized carbons (Fsp3) is 0.375. The zero-order chi connectivity index (χ0) is 15.1. The van der Waals surface area contributed by atoms with E-state index in [1.165, 1.54) is 25.3 Å². The van der Waals surface area contributed by atoms with Crippen LogP contribution in [0.3, 0.4) is 0 Å². The fourth-order valence-electron chi connectivity index (χ4n) is 2.34. The van der Waals surface area contributed by atoms with Crippen molar-refractivity contribution in [2.75, 3.05) is 29.9 Å². The van der Waals surface area contributed by atoms with Gasteiger partial charge in [-0.2, -0.15) is 0 Å². The molecular formula is C16H21N3O2. The molecule has 21 heavy (non-hydrogen) atoms. The van der Waals surface area contributed by atoms with Gasteiger partial charge < -0.3 is 15.5 Å². The van der Waals surface area contributed by atoms with Crippen molar-refractivity contribution in [3.05, 3.63) is 36.9 Å². The summed E-state index contributed by atoms with van der Waals surface area (Å²) in [5, 5.41) is 5.02. The van der Waals surface area contributed by atoms with E-state index in [-0.39, 0.29) is 6.54 Å². The Balaban J connectivity index is 1.91. The minimum atomic E-state index is -0.664. The molecule has 1 fully saturated rings. The van der Waals surface area contributed by atoms with Gasteiger partial charge in [-0.05, 0) is 43.5 Å². The van der Waals surface area contributed by atoms with Crippen LogP contribution in [-0.2, 0) is 9.59 Å². The van der Waals surface area contributed by atoms with Gasteiger partial charge in [-0.25, -0.2) is 0 Å². The first-order valence-electron chi connectivity index (χ1n) is 7.26. The highest BCUT2D eigenvalue weighted by atomic mass is 16.2. The minimum Gasteiger partial charge on any atom is -0.372 e. The number of carbonyl (C=O) groups is 2. The zero-order valence-electron chi connectivity index (χ0n) is 12.1. The molecule has 0 aromatic heterocycles. The van der Waals surface area contributed by atoms with Crippen LogP contribution < -0.4 is 15.5 Å². The highest BCUT2D eigenvalue weighted by molar-refractivity contribution is 6.39. The van der Waals surface area contributed by atoms with Gasteiger partial charge in [0.15, 0.2) is 0 Å². The van der Waals surface area contributed by atoms with Crippen LogP contribution in [0.25, 0.3) is 0 Å². The molecule has 5 nitrogen and oxygen atoms in total. The lowest BCUT2D eigenvalue weighted by Crippen LogP contribution is -2.35. The first-order valence-corrected chi connectivity index (χ1v) is 7.26. The summed E-state index contributed by atoms with van der Waals surface area (Å²) in [4.78, 5) is 25.4. The summed E-state index contributed by atoms with van der Waals surface area (Å²) in [7, 11) is 0. The Morgan fingerprint density at radius 1 is 1.10 bits per heavy atom. The van der Waals surface area contributed by atoms with Crippen LogP contribution in [0.2, 0.25) is 0 Å². The highest BCUT2D eigenvalue weighted by Gasteiger charge is 2.13. The summed E-state index contributed by atoms with van der Waals surface area (Å²) in [5.41, 5.74) is 1.78. The van der Waals surface area contributed by atoms with Crippen LogP contribution >= 0.6 is 0 Å². The van der Waals surface area contributed by atoms with E-state index in [4.69, 9.17) is 0 Å². The number of benzene rings is 1. The molecule has 2 N–H and O–H groups in total. The van der Waals surface area contributed by atoms with Crippen LogP contribution in [0.15, 0.2) is 36.9 Å². The zero-order valence-corrected chi connectivity index (χ0v) is 12.1. The Labute approximate surface area is 125 Å². The number of amides is 2. The van der Waals surface area contributed by atoms with Crippen molar-refractivity contribution >= 4 is 23.2 Å². The molecule has 1 heterocycles. The minimum absolute atomic E-state index is 0.278. The summed E-state index contributed by atoms with van der Waals surface area (Å²) >= 11 is 0. The smallest absolute Gasteiger partial charge is 0.313 e. The normalized spacial score (nSPS) is 14.4. The molecule has 1 aliphatic rings. The molecule has 0 unspecified atom stereocenters. The fourth-order valence-corrected chi connectivity index (χ4v) is 2.34. The number of rotatable bonds is 4. The van der Waals surface area contributed by atoms with E-state index in [2.05, 4.69) is 22.1 Å². The Morgan fingerprint density at radius 3 is 2.38 bits per heavy atom. The summed E-state index contributed by atoms with van der Waals surface area (Å²) in [6.07, 6.45) is 5.27. The molecule has 0 atom stereocenters. The van der Waals surface area contributed by atoms with Gasteiger partial charge >= 0.3 is 11.8 Å². The van der Waals surface area contributed by atoms with E-state index >= 15 is 0 Å². The lowest BCUT2D eigenvalue weighted by molar-refractivity contribution is -0.136. The summed E-state index contributed by atoms with van der Waals surface area (Å²) < 4.78 is 0. The third kappa shape index (κ3) is 4.34. The maximum atomic E-state index is 11.6. The number of piperidine rings is 1. The number of nitrogens with zero attached hydrogens (tertiary/aromatic N) is 1. The topological polar surface area (TPSA) is 61.4 Å². The second-order valence-corrected chi connectivity index (χ2v) is 5.05. The predicted octanol–water partition coefficient (Wildman–Crippen LogP) is 1.92. The Kier molecular flexibility index (Phi) is 5.37. The van der Waals surface area contributed by atoms with Crippen molar-refractivity contribution in [3.8, 4) is 0 Å². The van der Waals surface area contributed by atoms with Crippen LogP contribution in [0.5, 0.6) is 0 Å². The van der Waals surface area contributed by atoms with Crippen molar-refractivity contribution in [1.29, 1.82) is 0 Å².